The molecule has 1 fully saturated rings. The van der Waals surface area contributed by atoms with E-state index in [1.165, 1.54) is 17.0 Å². The third-order valence-corrected chi connectivity index (χ3v) is 5.17. The highest BCUT2D eigenvalue weighted by atomic mass is 19.4. The average Bonchev–Trinajstić information content (AvgIpc) is 3.16. The summed E-state index contributed by atoms with van der Waals surface area (Å²) in [6, 6.07) is 10.7. The third-order valence-electron chi connectivity index (χ3n) is 5.17. The van der Waals surface area contributed by atoms with Gasteiger partial charge in [-0.05, 0) is 24.8 Å². The van der Waals surface area contributed by atoms with Crippen LogP contribution in [0.4, 0.5) is 13.2 Å². The second-order valence-electron chi connectivity index (χ2n) is 7.29. The summed E-state index contributed by atoms with van der Waals surface area (Å²) < 4.78 is 46.6. The maximum Gasteiger partial charge on any atom is 0.433 e. The van der Waals surface area contributed by atoms with Crippen molar-refractivity contribution < 1.29 is 22.7 Å². The molecule has 152 valence electrons. The molecule has 1 aliphatic carbocycles. The number of fused-ring (bicyclic) bond motifs is 1. The number of benzene rings is 1. The summed E-state index contributed by atoms with van der Waals surface area (Å²) in [5, 5.41) is 4.19. The van der Waals surface area contributed by atoms with Crippen LogP contribution in [0.1, 0.15) is 48.3 Å². The topological polar surface area (TPSA) is 56.5 Å². The smallest absolute Gasteiger partial charge is 0.433 e. The number of ether oxygens (including phenoxy) is 1. The second-order valence-corrected chi connectivity index (χ2v) is 7.29. The molecule has 1 saturated carbocycles. The van der Waals surface area contributed by atoms with Crippen LogP contribution in [0.5, 0.6) is 0 Å². The normalized spacial score (nSPS) is 15.6. The van der Waals surface area contributed by atoms with Crippen LogP contribution >= 0.6 is 0 Å². The Balaban J connectivity index is 1.67. The Morgan fingerprint density at radius 1 is 1.10 bits per heavy atom. The quantitative estimate of drug-likeness (QED) is 0.565. The lowest BCUT2D eigenvalue weighted by Gasteiger charge is -2.20. The van der Waals surface area contributed by atoms with Gasteiger partial charge in [-0.15, -0.1) is 0 Å². The summed E-state index contributed by atoms with van der Waals surface area (Å²) in [5.74, 6) is -0.312. The van der Waals surface area contributed by atoms with Crippen molar-refractivity contribution in [3.63, 3.8) is 0 Å². The standard InChI is InChI=1S/C21H20F3N3O2/c22-21(23,24)18-12-17(15-9-5-2-6-10-15)27-19(25-18)11-16(26-27)20(28)29-13-14-7-3-1-4-8-14/h2,5-6,9-12,14H,1,3-4,7-8,13H2. The van der Waals surface area contributed by atoms with Crippen LogP contribution in [0.2, 0.25) is 0 Å². The molecule has 29 heavy (non-hydrogen) atoms. The van der Waals surface area contributed by atoms with E-state index in [-0.39, 0.29) is 17.0 Å². The average molecular weight is 403 g/mol. The number of hydrogen-bond acceptors (Lipinski definition) is 4. The summed E-state index contributed by atoms with van der Waals surface area (Å²) in [7, 11) is 0. The fourth-order valence-electron chi connectivity index (χ4n) is 3.66. The molecule has 0 amide bonds. The molecule has 0 saturated heterocycles. The minimum absolute atomic E-state index is 0.0511. The van der Waals surface area contributed by atoms with E-state index in [9.17, 15) is 18.0 Å². The van der Waals surface area contributed by atoms with Gasteiger partial charge in [-0.1, -0.05) is 49.6 Å². The van der Waals surface area contributed by atoms with Gasteiger partial charge in [0.25, 0.3) is 0 Å². The summed E-state index contributed by atoms with van der Waals surface area (Å²) in [6.07, 6.45) is 0.881. The Labute approximate surface area is 165 Å². The minimum Gasteiger partial charge on any atom is -0.461 e. The first-order valence-corrected chi connectivity index (χ1v) is 9.62. The van der Waals surface area contributed by atoms with Crippen molar-refractivity contribution in [1.82, 2.24) is 14.6 Å². The highest BCUT2D eigenvalue weighted by Gasteiger charge is 2.34. The van der Waals surface area contributed by atoms with E-state index in [0.29, 0.717) is 18.1 Å². The van der Waals surface area contributed by atoms with Gasteiger partial charge in [-0.3, -0.25) is 0 Å². The number of hydrogen-bond donors (Lipinski definition) is 0. The molecule has 0 N–H and O–H groups in total. The van der Waals surface area contributed by atoms with Crippen molar-refractivity contribution in [3.05, 3.63) is 53.9 Å². The van der Waals surface area contributed by atoms with Gasteiger partial charge in [0, 0.05) is 11.6 Å². The highest BCUT2D eigenvalue weighted by Crippen LogP contribution is 2.32. The van der Waals surface area contributed by atoms with Crippen LogP contribution in [-0.4, -0.2) is 27.2 Å². The van der Waals surface area contributed by atoms with Crippen molar-refractivity contribution >= 4 is 11.6 Å². The molecule has 8 heteroatoms. The number of esters is 1. The van der Waals surface area contributed by atoms with Gasteiger partial charge >= 0.3 is 12.1 Å². The van der Waals surface area contributed by atoms with Crippen molar-refractivity contribution in [1.29, 1.82) is 0 Å². The minimum atomic E-state index is -4.61. The van der Waals surface area contributed by atoms with Gasteiger partial charge in [-0.2, -0.15) is 18.3 Å². The molecule has 1 aromatic carbocycles. The molecule has 0 radical (unpaired) electrons. The van der Waals surface area contributed by atoms with E-state index < -0.39 is 17.8 Å². The van der Waals surface area contributed by atoms with Gasteiger partial charge in [0.1, 0.15) is 5.69 Å². The van der Waals surface area contributed by atoms with E-state index in [0.717, 1.165) is 31.7 Å². The van der Waals surface area contributed by atoms with Crippen LogP contribution in [0.25, 0.3) is 16.9 Å². The summed E-state index contributed by atoms with van der Waals surface area (Å²) in [4.78, 5) is 16.1. The van der Waals surface area contributed by atoms with E-state index in [1.54, 1.807) is 30.3 Å². The zero-order valence-electron chi connectivity index (χ0n) is 15.7. The largest absolute Gasteiger partial charge is 0.461 e. The van der Waals surface area contributed by atoms with Crippen LogP contribution in [-0.2, 0) is 10.9 Å². The summed E-state index contributed by atoms with van der Waals surface area (Å²) in [5.41, 5.74) is -0.399. The molecule has 3 aromatic rings. The first-order valence-electron chi connectivity index (χ1n) is 9.62. The van der Waals surface area contributed by atoms with E-state index >= 15 is 0 Å². The number of carbonyl (C=O) groups excluding carboxylic acids is 1. The van der Waals surface area contributed by atoms with Crippen molar-refractivity contribution in [2.75, 3.05) is 6.61 Å². The lowest BCUT2D eigenvalue weighted by atomic mass is 9.90. The molecule has 0 atom stereocenters. The van der Waals surface area contributed by atoms with Crippen LogP contribution in [0, 0.1) is 5.92 Å². The zero-order valence-corrected chi connectivity index (χ0v) is 15.7. The van der Waals surface area contributed by atoms with E-state index in [1.807, 2.05) is 0 Å². The first-order chi connectivity index (χ1) is 13.9. The van der Waals surface area contributed by atoms with E-state index in [2.05, 4.69) is 10.1 Å². The van der Waals surface area contributed by atoms with E-state index in [4.69, 9.17) is 4.74 Å². The molecule has 4 rings (SSSR count). The highest BCUT2D eigenvalue weighted by molar-refractivity contribution is 5.88. The molecule has 2 aromatic heterocycles. The SMILES string of the molecule is O=C(OCC1CCCCC1)c1cc2nc(C(F)(F)F)cc(-c3ccccc3)n2n1. The molecule has 5 nitrogen and oxygen atoms in total. The molecule has 0 spiro atoms. The predicted molar refractivity (Wildman–Crippen MR) is 100 cm³/mol. The fraction of sp³-hybridized carbons (Fsp3) is 0.381. The van der Waals surface area contributed by atoms with Gasteiger partial charge in [0.15, 0.2) is 11.3 Å². The number of nitrogens with zero attached hydrogens (tertiary/aromatic N) is 3. The van der Waals surface area contributed by atoms with Crippen molar-refractivity contribution in [2.24, 2.45) is 5.92 Å². The summed E-state index contributed by atoms with van der Waals surface area (Å²) >= 11 is 0. The van der Waals surface area contributed by atoms with Crippen LogP contribution in [0.15, 0.2) is 42.5 Å². The second kappa shape index (κ2) is 7.85. The van der Waals surface area contributed by atoms with Crippen LogP contribution < -0.4 is 0 Å². The van der Waals surface area contributed by atoms with Crippen LogP contribution in [0.3, 0.4) is 0 Å². The molecule has 2 heterocycles. The number of halogens is 3. The van der Waals surface area contributed by atoms with Crippen molar-refractivity contribution in [2.45, 2.75) is 38.3 Å². The predicted octanol–water partition coefficient (Wildman–Crippen LogP) is 5.15. The fourth-order valence-corrected chi connectivity index (χ4v) is 3.66. The van der Waals surface area contributed by atoms with Gasteiger partial charge < -0.3 is 4.74 Å². The molecule has 1 aliphatic rings. The zero-order chi connectivity index (χ0) is 20.4. The Hall–Kier alpha value is -2.90. The maximum atomic E-state index is 13.3. The number of rotatable bonds is 4. The summed E-state index contributed by atoms with van der Waals surface area (Å²) in [6.45, 7) is 0.305. The van der Waals surface area contributed by atoms with Gasteiger partial charge in [0.05, 0.1) is 12.3 Å². The number of alkyl halides is 3. The first kappa shape index (κ1) is 19.4. The maximum absolute atomic E-state index is 13.3. The number of carbonyl (C=O) groups is 1. The van der Waals surface area contributed by atoms with Gasteiger partial charge in [0.2, 0.25) is 0 Å². The molecular formula is C21H20F3N3O2. The Morgan fingerprint density at radius 3 is 2.52 bits per heavy atom. The number of aromatic nitrogens is 3. The monoisotopic (exact) mass is 403 g/mol. The Bertz CT molecular complexity index is 1010. The van der Waals surface area contributed by atoms with Crippen molar-refractivity contribution in [3.8, 4) is 11.3 Å². The lowest BCUT2D eigenvalue weighted by Crippen LogP contribution is -2.17. The molecular weight excluding hydrogens is 383 g/mol. The lowest BCUT2D eigenvalue weighted by molar-refractivity contribution is -0.141. The Kier molecular flexibility index (Phi) is 5.25. The molecule has 0 unspecified atom stereocenters. The molecule has 0 aliphatic heterocycles. The molecule has 0 bridgehead atoms. The Morgan fingerprint density at radius 2 is 1.83 bits per heavy atom. The van der Waals surface area contributed by atoms with Gasteiger partial charge in [-0.25, -0.2) is 14.3 Å². The third kappa shape index (κ3) is 4.26.